The first kappa shape index (κ1) is 19.6. The standard InChI is InChI=1S/C18H18F4N2O2/c1-2-26-16(25)9-12-5-8-14(10-15(12)23)24-17(18(20,21)22)11-3-6-13(19)7-4-11/h3-8,10,17,24H,2,9,23H2,1H3. The summed E-state index contributed by atoms with van der Waals surface area (Å²) in [6, 6.07) is 6.21. The number of nitrogens with two attached hydrogens (primary N) is 1. The summed E-state index contributed by atoms with van der Waals surface area (Å²) in [7, 11) is 0. The van der Waals surface area contributed by atoms with Crippen LogP contribution in [0.25, 0.3) is 0 Å². The number of nitrogens with one attached hydrogen (secondary N) is 1. The van der Waals surface area contributed by atoms with Crippen molar-refractivity contribution in [2.45, 2.75) is 25.6 Å². The van der Waals surface area contributed by atoms with Gasteiger partial charge in [-0.05, 0) is 42.3 Å². The Hall–Kier alpha value is -2.77. The first-order chi connectivity index (χ1) is 12.2. The van der Waals surface area contributed by atoms with E-state index in [4.69, 9.17) is 10.5 Å². The van der Waals surface area contributed by atoms with Gasteiger partial charge in [0.05, 0.1) is 13.0 Å². The van der Waals surface area contributed by atoms with E-state index in [2.05, 4.69) is 5.32 Å². The second-order valence-electron chi connectivity index (χ2n) is 5.57. The van der Waals surface area contributed by atoms with Crippen LogP contribution in [0.5, 0.6) is 0 Å². The van der Waals surface area contributed by atoms with Crippen LogP contribution >= 0.6 is 0 Å². The fourth-order valence-electron chi connectivity index (χ4n) is 2.39. The summed E-state index contributed by atoms with van der Waals surface area (Å²) >= 11 is 0. The number of rotatable bonds is 6. The summed E-state index contributed by atoms with van der Waals surface area (Å²) in [5.41, 5.74) is 6.45. The van der Waals surface area contributed by atoms with Gasteiger partial charge in [-0.2, -0.15) is 13.2 Å². The molecule has 8 heteroatoms. The highest BCUT2D eigenvalue weighted by Gasteiger charge is 2.40. The Morgan fingerprint density at radius 3 is 2.38 bits per heavy atom. The molecule has 0 saturated carbocycles. The summed E-state index contributed by atoms with van der Waals surface area (Å²) in [4.78, 5) is 11.5. The molecular formula is C18H18F4N2O2. The fourth-order valence-corrected chi connectivity index (χ4v) is 2.39. The van der Waals surface area contributed by atoms with Gasteiger partial charge in [0, 0.05) is 11.4 Å². The van der Waals surface area contributed by atoms with E-state index >= 15 is 0 Å². The van der Waals surface area contributed by atoms with E-state index in [9.17, 15) is 22.4 Å². The Bertz CT molecular complexity index is 761. The number of esters is 1. The van der Waals surface area contributed by atoms with E-state index in [0.29, 0.717) is 5.56 Å². The lowest BCUT2D eigenvalue weighted by Gasteiger charge is -2.23. The molecule has 0 aromatic heterocycles. The minimum atomic E-state index is -4.60. The number of hydrogen-bond acceptors (Lipinski definition) is 4. The molecule has 0 aliphatic carbocycles. The first-order valence-corrected chi connectivity index (χ1v) is 7.83. The normalized spacial score (nSPS) is 12.5. The van der Waals surface area contributed by atoms with Crippen LogP contribution in [0.15, 0.2) is 42.5 Å². The van der Waals surface area contributed by atoms with E-state index < -0.39 is 24.0 Å². The van der Waals surface area contributed by atoms with Crippen LogP contribution in [0, 0.1) is 5.82 Å². The van der Waals surface area contributed by atoms with Crippen molar-refractivity contribution in [2.75, 3.05) is 17.7 Å². The highest BCUT2D eigenvalue weighted by Crippen LogP contribution is 2.36. The number of benzene rings is 2. The van der Waals surface area contributed by atoms with Gasteiger partial charge in [-0.1, -0.05) is 18.2 Å². The average molecular weight is 370 g/mol. The second kappa shape index (κ2) is 8.07. The molecule has 0 bridgehead atoms. The smallest absolute Gasteiger partial charge is 0.412 e. The van der Waals surface area contributed by atoms with Crippen molar-refractivity contribution < 1.29 is 27.1 Å². The summed E-state index contributed by atoms with van der Waals surface area (Å²) in [6.07, 6.45) is -4.67. The number of carbonyl (C=O) groups is 1. The van der Waals surface area contributed by atoms with E-state index in [0.717, 1.165) is 24.3 Å². The van der Waals surface area contributed by atoms with E-state index in [1.165, 1.54) is 18.2 Å². The zero-order valence-corrected chi connectivity index (χ0v) is 13.9. The van der Waals surface area contributed by atoms with Gasteiger partial charge in [-0.3, -0.25) is 4.79 Å². The quantitative estimate of drug-likeness (QED) is 0.454. The van der Waals surface area contributed by atoms with E-state index in [1.807, 2.05) is 0 Å². The first-order valence-electron chi connectivity index (χ1n) is 7.83. The fraction of sp³-hybridized carbons (Fsp3) is 0.278. The predicted octanol–water partition coefficient (Wildman–Crippen LogP) is 4.23. The number of ether oxygens (including phenoxy) is 1. The van der Waals surface area contributed by atoms with Gasteiger partial charge >= 0.3 is 12.1 Å². The van der Waals surface area contributed by atoms with Crippen molar-refractivity contribution in [2.24, 2.45) is 0 Å². The molecule has 0 fully saturated rings. The topological polar surface area (TPSA) is 64.3 Å². The molecule has 26 heavy (non-hydrogen) atoms. The van der Waals surface area contributed by atoms with Crippen molar-refractivity contribution in [3.63, 3.8) is 0 Å². The molecule has 0 aliphatic rings. The van der Waals surface area contributed by atoms with Crippen LogP contribution in [-0.2, 0) is 16.0 Å². The van der Waals surface area contributed by atoms with Crippen LogP contribution < -0.4 is 11.1 Å². The average Bonchev–Trinajstić information content (AvgIpc) is 2.55. The van der Waals surface area contributed by atoms with Crippen molar-refractivity contribution in [3.05, 3.63) is 59.4 Å². The minimum absolute atomic E-state index is 0.0688. The second-order valence-corrected chi connectivity index (χ2v) is 5.57. The van der Waals surface area contributed by atoms with Crippen molar-refractivity contribution in [1.29, 1.82) is 0 Å². The third kappa shape index (κ3) is 5.11. The number of nitrogen functional groups attached to an aromatic ring is 1. The molecule has 0 saturated heterocycles. The zero-order chi connectivity index (χ0) is 19.3. The van der Waals surface area contributed by atoms with Crippen LogP contribution in [0.4, 0.5) is 28.9 Å². The van der Waals surface area contributed by atoms with Gasteiger partial charge in [0.2, 0.25) is 0 Å². The van der Waals surface area contributed by atoms with Gasteiger partial charge in [-0.25, -0.2) is 4.39 Å². The molecule has 4 nitrogen and oxygen atoms in total. The lowest BCUT2D eigenvalue weighted by molar-refractivity contribution is -0.144. The van der Waals surface area contributed by atoms with Gasteiger partial charge in [0.1, 0.15) is 11.9 Å². The maximum Gasteiger partial charge on any atom is 0.412 e. The van der Waals surface area contributed by atoms with Crippen molar-refractivity contribution in [1.82, 2.24) is 0 Å². The van der Waals surface area contributed by atoms with Gasteiger partial charge in [0.25, 0.3) is 0 Å². The molecule has 0 spiro atoms. The Morgan fingerprint density at radius 2 is 1.85 bits per heavy atom. The maximum absolute atomic E-state index is 13.4. The molecule has 140 valence electrons. The van der Waals surface area contributed by atoms with Gasteiger partial charge in [-0.15, -0.1) is 0 Å². The molecule has 2 rings (SSSR count). The van der Waals surface area contributed by atoms with Crippen LogP contribution in [0.3, 0.4) is 0 Å². The molecule has 2 aromatic rings. The highest BCUT2D eigenvalue weighted by atomic mass is 19.4. The predicted molar refractivity (Wildman–Crippen MR) is 90.0 cm³/mol. The monoisotopic (exact) mass is 370 g/mol. The summed E-state index contributed by atoms with van der Waals surface area (Å²) < 4.78 is 57.9. The lowest BCUT2D eigenvalue weighted by Crippen LogP contribution is -2.28. The molecular weight excluding hydrogens is 352 g/mol. The Balaban J connectivity index is 2.22. The molecule has 0 radical (unpaired) electrons. The lowest BCUT2D eigenvalue weighted by atomic mass is 10.0. The van der Waals surface area contributed by atoms with Crippen molar-refractivity contribution in [3.8, 4) is 0 Å². The molecule has 2 aromatic carbocycles. The molecule has 0 amide bonds. The summed E-state index contributed by atoms with van der Waals surface area (Å²) in [5.74, 6) is -1.10. The Labute approximate surface area is 148 Å². The molecule has 0 aliphatic heterocycles. The maximum atomic E-state index is 13.4. The Morgan fingerprint density at radius 1 is 1.19 bits per heavy atom. The third-order valence-corrected chi connectivity index (χ3v) is 3.63. The van der Waals surface area contributed by atoms with E-state index in [-0.39, 0.29) is 30.0 Å². The highest BCUT2D eigenvalue weighted by molar-refractivity contribution is 5.75. The Kier molecular flexibility index (Phi) is 6.07. The summed E-state index contributed by atoms with van der Waals surface area (Å²) in [6.45, 7) is 1.89. The minimum Gasteiger partial charge on any atom is -0.466 e. The molecule has 0 heterocycles. The number of alkyl halides is 3. The van der Waals surface area contributed by atoms with Crippen LogP contribution in [0.2, 0.25) is 0 Å². The number of anilines is 2. The molecule has 1 atom stereocenters. The number of halogens is 4. The van der Waals surface area contributed by atoms with Crippen LogP contribution in [0.1, 0.15) is 24.1 Å². The van der Waals surface area contributed by atoms with Gasteiger partial charge < -0.3 is 15.8 Å². The van der Waals surface area contributed by atoms with Gasteiger partial charge in [0.15, 0.2) is 0 Å². The van der Waals surface area contributed by atoms with Crippen molar-refractivity contribution >= 4 is 17.3 Å². The molecule has 3 N–H and O–H groups in total. The SMILES string of the molecule is CCOC(=O)Cc1ccc(NC(c2ccc(F)cc2)C(F)(F)F)cc1N. The third-order valence-electron chi connectivity index (χ3n) is 3.63. The number of carbonyl (C=O) groups excluding carboxylic acids is 1. The zero-order valence-electron chi connectivity index (χ0n) is 13.9. The summed E-state index contributed by atoms with van der Waals surface area (Å²) in [5, 5.41) is 2.36. The number of hydrogen-bond donors (Lipinski definition) is 2. The van der Waals surface area contributed by atoms with E-state index in [1.54, 1.807) is 6.92 Å². The largest absolute Gasteiger partial charge is 0.466 e. The van der Waals surface area contributed by atoms with Crippen LogP contribution in [-0.4, -0.2) is 18.8 Å². The molecule has 1 unspecified atom stereocenters.